The van der Waals surface area contributed by atoms with Gasteiger partial charge in [-0.05, 0) is 38.3 Å². The summed E-state index contributed by atoms with van der Waals surface area (Å²) in [6, 6.07) is 8.53. The van der Waals surface area contributed by atoms with Gasteiger partial charge in [-0.25, -0.2) is 10.3 Å². The van der Waals surface area contributed by atoms with Crippen molar-refractivity contribution in [1.82, 2.24) is 5.48 Å². The van der Waals surface area contributed by atoms with Crippen LogP contribution in [0.5, 0.6) is 0 Å². The molecule has 0 unspecified atom stereocenters. The van der Waals surface area contributed by atoms with E-state index >= 15 is 0 Å². The van der Waals surface area contributed by atoms with E-state index < -0.39 is 11.7 Å². The molecule has 0 aliphatic heterocycles. The lowest BCUT2D eigenvalue weighted by atomic mass is 10.2. The van der Waals surface area contributed by atoms with Gasteiger partial charge in [0.15, 0.2) is 0 Å². The Morgan fingerprint density at radius 3 is 2.06 bits per heavy atom. The van der Waals surface area contributed by atoms with Crippen molar-refractivity contribution < 1.29 is 14.7 Å². The van der Waals surface area contributed by atoms with Crippen LogP contribution in [0.15, 0.2) is 24.3 Å². The van der Waals surface area contributed by atoms with Gasteiger partial charge in [0, 0.05) is 0 Å². The second-order valence-corrected chi connectivity index (χ2v) is 4.56. The molecule has 88 valence electrons. The van der Waals surface area contributed by atoms with Gasteiger partial charge in [0.25, 0.3) is 0 Å². The van der Waals surface area contributed by atoms with Crippen LogP contribution in [0.2, 0.25) is 0 Å². The van der Waals surface area contributed by atoms with Crippen molar-refractivity contribution in [2.24, 2.45) is 0 Å². The summed E-state index contributed by atoms with van der Waals surface area (Å²) in [5.41, 5.74) is 3.87. The summed E-state index contributed by atoms with van der Waals surface area (Å²) in [5, 5.41) is 7.97. The standard InChI is InChI=1S/C7H6.C5H11NO3/c1-2-4-7-5-6(7)3-1;1-5(2,3)9-4(7)6-8/h1-4H,5H2;8H,1-3H3,(H,6,7). The van der Waals surface area contributed by atoms with Crippen LogP contribution in [0, 0.1) is 0 Å². The van der Waals surface area contributed by atoms with Gasteiger partial charge in [0.1, 0.15) is 5.60 Å². The first-order valence-electron chi connectivity index (χ1n) is 5.12. The molecule has 1 aliphatic carbocycles. The van der Waals surface area contributed by atoms with Crippen molar-refractivity contribution in [3.8, 4) is 0 Å². The van der Waals surface area contributed by atoms with E-state index in [4.69, 9.17) is 5.21 Å². The Morgan fingerprint density at radius 1 is 1.31 bits per heavy atom. The maximum absolute atomic E-state index is 10.2. The third kappa shape index (κ3) is 4.79. The lowest BCUT2D eigenvalue weighted by molar-refractivity contribution is 0.0229. The number of carbonyl (C=O) groups is 1. The summed E-state index contributed by atoms with van der Waals surface area (Å²) in [5.74, 6) is 0. The van der Waals surface area contributed by atoms with Crippen molar-refractivity contribution in [3.05, 3.63) is 35.4 Å². The lowest BCUT2D eigenvalue weighted by Crippen LogP contribution is -2.30. The molecule has 2 N–H and O–H groups in total. The Morgan fingerprint density at radius 2 is 1.81 bits per heavy atom. The van der Waals surface area contributed by atoms with E-state index in [9.17, 15) is 4.79 Å². The van der Waals surface area contributed by atoms with Crippen LogP contribution >= 0.6 is 0 Å². The highest BCUT2D eigenvalue weighted by molar-refractivity contribution is 5.65. The van der Waals surface area contributed by atoms with Crippen LogP contribution in [0.25, 0.3) is 0 Å². The van der Waals surface area contributed by atoms with Crippen LogP contribution in [-0.4, -0.2) is 16.9 Å². The fraction of sp³-hybridized carbons (Fsp3) is 0.417. The van der Waals surface area contributed by atoms with Gasteiger partial charge in [-0.2, -0.15) is 0 Å². The molecule has 0 saturated carbocycles. The van der Waals surface area contributed by atoms with Crippen LogP contribution < -0.4 is 5.48 Å². The Balaban J connectivity index is 0.000000163. The predicted octanol–water partition coefficient (Wildman–Crippen LogP) is 2.49. The van der Waals surface area contributed by atoms with E-state index in [1.807, 2.05) is 0 Å². The van der Waals surface area contributed by atoms with Gasteiger partial charge in [0.2, 0.25) is 0 Å². The average Bonchev–Trinajstić information content (AvgIpc) is 2.94. The lowest BCUT2D eigenvalue weighted by Gasteiger charge is -2.17. The summed E-state index contributed by atoms with van der Waals surface area (Å²) < 4.78 is 4.59. The van der Waals surface area contributed by atoms with E-state index in [1.54, 1.807) is 20.8 Å². The maximum Gasteiger partial charge on any atom is 0.431 e. The number of ether oxygens (including phenoxy) is 1. The van der Waals surface area contributed by atoms with Crippen molar-refractivity contribution in [2.45, 2.75) is 32.8 Å². The predicted molar refractivity (Wildman–Crippen MR) is 60.4 cm³/mol. The minimum Gasteiger partial charge on any atom is -0.442 e. The second kappa shape index (κ2) is 4.99. The van der Waals surface area contributed by atoms with Gasteiger partial charge in [-0.15, -0.1) is 0 Å². The molecular formula is C12H17NO3. The molecule has 1 aliphatic rings. The largest absolute Gasteiger partial charge is 0.442 e. The van der Waals surface area contributed by atoms with Crippen molar-refractivity contribution in [2.75, 3.05) is 0 Å². The maximum atomic E-state index is 10.2. The molecule has 0 aromatic heterocycles. The third-order valence-electron chi connectivity index (χ3n) is 1.86. The monoisotopic (exact) mass is 223 g/mol. The quantitative estimate of drug-likeness (QED) is 0.533. The van der Waals surface area contributed by atoms with E-state index in [0.29, 0.717) is 0 Å². The number of rotatable bonds is 0. The fourth-order valence-corrected chi connectivity index (χ4v) is 1.14. The minimum absolute atomic E-state index is 0.549. The van der Waals surface area contributed by atoms with Gasteiger partial charge in [-0.3, -0.25) is 5.21 Å². The number of carbonyl (C=O) groups excluding carboxylic acids is 1. The molecule has 0 atom stereocenters. The molecule has 0 radical (unpaired) electrons. The molecule has 0 spiro atoms. The molecule has 1 aromatic rings. The number of nitrogens with one attached hydrogen (secondary N) is 1. The molecule has 4 nitrogen and oxygen atoms in total. The van der Waals surface area contributed by atoms with Crippen molar-refractivity contribution in [3.63, 3.8) is 0 Å². The number of hydrogen-bond acceptors (Lipinski definition) is 3. The van der Waals surface area contributed by atoms with Crippen LogP contribution in [0.1, 0.15) is 31.9 Å². The zero-order chi connectivity index (χ0) is 12.2. The average molecular weight is 223 g/mol. The molecule has 0 saturated heterocycles. The normalized spacial score (nSPS) is 11.8. The van der Waals surface area contributed by atoms with E-state index in [0.717, 1.165) is 0 Å². The highest BCUT2D eigenvalue weighted by Crippen LogP contribution is 2.25. The molecule has 0 bridgehead atoms. The summed E-state index contributed by atoms with van der Waals surface area (Å²) in [6.07, 6.45) is 0.412. The van der Waals surface area contributed by atoms with Crippen molar-refractivity contribution >= 4 is 6.09 Å². The first-order valence-corrected chi connectivity index (χ1v) is 5.12. The molecule has 0 heterocycles. The number of fused-ring (bicyclic) bond motifs is 1. The number of amides is 1. The molecule has 2 rings (SSSR count). The Kier molecular flexibility index (Phi) is 3.90. The molecule has 4 heteroatoms. The van der Waals surface area contributed by atoms with E-state index in [1.165, 1.54) is 23.0 Å². The number of benzene rings is 1. The molecule has 0 fully saturated rings. The van der Waals surface area contributed by atoms with Gasteiger partial charge >= 0.3 is 6.09 Å². The highest BCUT2D eigenvalue weighted by Gasteiger charge is 2.14. The molecule has 1 amide bonds. The Bertz CT molecular complexity index is 348. The third-order valence-corrected chi connectivity index (χ3v) is 1.86. The van der Waals surface area contributed by atoms with Crippen LogP contribution in [0.4, 0.5) is 4.79 Å². The first kappa shape index (κ1) is 12.5. The second-order valence-electron chi connectivity index (χ2n) is 4.56. The summed E-state index contributed by atoms with van der Waals surface area (Å²) in [4.78, 5) is 10.2. The Labute approximate surface area is 95.2 Å². The van der Waals surface area contributed by atoms with Gasteiger partial charge < -0.3 is 4.74 Å². The van der Waals surface area contributed by atoms with Crippen LogP contribution in [0.3, 0.4) is 0 Å². The first-order chi connectivity index (χ1) is 7.42. The summed E-state index contributed by atoms with van der Waals surface area (Å²) in [7, 11) is 0. The van der Waals surface area contributed by atoms with Crippen LogP contribution in [-0.2, 0) is 11.2 Å². The molecule has 16 heavy (non-hydrogen) atoms. The smallest absolute Gasteiger partial charge is 0.431 e. The topological polar surface area (TPSA) is 58.6 Å². The zero-order valence-electron chi connectivity index (χ0n) is 9.78. The van der Waals surface area contributed by atoms with Crippen molar-refractivity contribution in [1.29, 1.82) is 0 Å². The fourth-order valence-electron chi connectivity index (χ4n) is 1.14. The minimum atomic E-state index is -0.831. The van der Waals surface area contributed by atoms with Gasteiger partial charge in [0.05, 0.1) is 0 Å². The zero-order valence-corrected chi connectivity index (χ0v) is 9.78. The SMILES string of the molecule is CC(C)(C)OC(=O)NO.c1ccc2c(c1)C2. The highest BCUT2D eigenvalue weighted by atomic mass is 16.6. The number of hydrogen-bond donors (Lipinski definition) is 2. The Hall–Kier alpha value is -1.55. The van der Waals surface area contributed by atoms with E-state index in [2.05, 4.69) is 29.0 Å². The molecule has 1 aromatic carbocycles. The molecular weight excluding hydrogens is 206 g/mol. The number of hydroxylamine groups is 1. The summed E-state index contributed by atoms with van der Waals surface area (Å²) in [6.45, 7) is 5.13. The van der Waals surface area contributed by atoms with Gasteiger partial charge in [-0.1, -0.05) is 24.3 Å². The summed E-state index contributed by atoms with van der Waals surface area (Å²) >= 11 is 0. The van der Waals surface area contributed by atoms with E-state index in [-0.39, 0.29) is 0 Å².